The molecule has 0 aliphatic carbocycles. The third-order valence-electron chi connectivity index (χ3n) is 7.82. The molecule has 36 heavy (non-hydrogen) atoms. The first-order valence-corrected chi connectivity index (χ1v) is 20.4. The van der Waals surface area contributed by atoms with Crippen LogP contribution in [0.15, 0.2) is 0 Å². The molecule has 0 aromatic carbocycles. The summed E-state index contributed by atoms with van der Waals surface area (Å²) < 4.78 is 0. The van der Waals surface area contributed by atoms with Crippen LogP contribution in [0.3, 0.4) is 0 Å². The van der Waals surface area contributed by atoms with Gasteiger partial charge in [-0.3, -0.25) is 0 Å². The van der Waals surface area contributed by atoms with E-state index >= 15 is 0 Å². The van der Waals surface area contributed by atoms with Gasteiger partial charge in [0, 0.05) is 0 Å². The van der Waals surface area contributed by atoms with Gasteiger partial charge in [-0.15, -0.1) is 15.8 Å². The molecule has 0 amide bonds. The topological polar surface area (TPSA) is 23.1 Å². The summed E-state index contributed by atoms with van der Waals surface area (Å²) in [7, 11) is -0.595. The fraction of sp³-hybridized carbons (Fsp3) is 1.00. The van der Waals surface area contributed by atoms with Gasteiger partial charge in [-0.05, 0) is 50.3 Å². The Bertz CT molecular complexity index is 335. The molecule has 0 aliphatic heterocycles. The maximum atomic E-state index is 14.0. The second kappa shape index (κ2) is 30.4. The average molecular weight is 544 g/mol. The van der Waals surface area contributed by atoms with E-state index in [2.05, 4.69) is 27.7 Å². The molecule has 0 aromatic rings. The molecule has 0 radical (unpaired) electrons. The summed E-state index contributed by atoms with van der Waals surface area (Å²) in [4.78, 5) is 0. The molecule has 0 heterocycles. The Morgan fingerprint density at radius 2 is 0.528 bits per heavy atom. The highest BCUT2D eigenvalue weighted by Crippen LogP contribution is 2.57. The van der Waals surface area contributed by atoms with Gasteiger partial charge in [-0.2, -0.15) is 0 Å². The average Bonchev–Trinajstić information content (AvgIpc) is 2.89. The zero-order valence-electron chi connectivity index (χ0n) is 25.7. The molecule has 0 N–H and O–H groups in total. The molecule has 0 aromatic heterocycles. The summed E-state index contributed by atoms with van der Waals surface area (Å²) in [5.74, 6) is 0. The van der Waals surface area contributed by atoms with Crippen LogP contribution in [-0.2, 0) is 0 Å². The van der Waals surface area contributed by atoms with Crippen molar-refractivity contribution >= 4 is 15.8 Å². The molecule has 3 heteroatoms. The second-order valence-electron chi connectivity index (χ2n) is 11.5. The minimum Gasteiger partial charge on any atom is -0.845 e. The number of hydrogen-bond donors (Lipinski definition) is 0. The Labute approximate surface area is 232 Å². The highest BCUT2D eigenvalue weighted by molar-refractivity contribution is 7.75. The Kier molecular flexibility index (Phi) is 31.1. The Morgan fingerprint density at radius 1 is 0.333 bits per heavy atom. The second-order valence-corrected chi connectivity index (χ2v) is 17.0. The van der Waals surface area contributed by atoms with Gasteiger partial charge in [-0.1, -0.05) is 162 Å². The summed E-state index contributed by atoms with van der Waals surface area (Å²) in [6.45, 7) is 9.21. The summed E-state index contributed by atoms with van der Waals surface area (Å²) in [5.41, 5.74) is -0.174. The molecule has 0 aliphatic rings. The lowest BCUT2D eigenvalue weighted by Crippen LogP contribution is -2.25. The molecular formula is C33H69OP2-. The first-order chi connectivity index (χ1) is 17.7. The third kappa shape index (κ3) is 23.9. The van der Waals surface area contributed by atoms with E-state index < -0.39 is 0 Å². The minimum absolute atomic E-state index is 0.174. The van der Waals surface area contributed by atoms with Gasteiger partial charge in [0.15, 0.2) is 0 Å². The summed E-state index contributed by atoms with van der Waals surface area (Å²) >= 11 is 0. The van der Waals surface area contributed by atoms with Crippen LogP contribution in [0.5, 0.6) is 0 Å². The summed E-state index contributed by atoms with van der Waals surface area (Å²) in [6.07, 6.45) is 38.0. The van der Waals surface area contributed by atoms with Gasteiger partial charge >= 0.3 is 0 Å². The van der Waals surface area contributed by atoms with E-state index in [1.54, 1.807) is 0 Å². The van der Waals surface area contributed by atoms with Crippen LogP contribution in [0, 0.1) is 0 Å². The molecule has 0 bridgehead atoms. The molecule has 218 valence electrons. The molecule has 0 saturated heterocycles. The minimum atomic E-state index is -0.297. The molecule has 0 fully saturated rings. The van der Waals surface area contributed by atoms with Gasteiger partial charge in [0.1, 0.15) is 0 Å². The van der Waals surface area contributed by atoms with E-state index in [1.165, 1.54) is 179 Å². The summed E-state index contributed by atoms with van der Waals surface area (Å²) in [6, 6.07) is 0. The van der Waals surface area contributed by atoms with Crippen molar-refractivity contribution in [2.75, 3.05) is 24.6 Å². The number of unbranched alkanes of at least 4 members (excludes halogenated alkanes) is 20. The van der Waals surface area contributed by atoms with Crippen LogP contribution >= 0.6 is 15.8 Å². The van der Waals surface area contributed by atoms with Crippen LogP contribution in [0.1, 0.15) is 182 Å². The highest BCUT2D eigenvalue weighted by atomic mass is 31.2. The van der Waals surface area contributed by atoms with Crippen molar-refractivity contribution in [3.05, 3.63) is 0 Å². The standard InChI is InChI=1S/C33H69OP2/c1-5-9-13-17-21-25-29-35(30-26-22-18-14-10-6-2)33(34)36(31-27-23-19-15-11-7-3)32-28-24-20-16-12-8-4/h33H,5-32H2,1-4H3/q-1. The van der Waals surface area contributed by atoms with Crippen LogP contribution < -0.4 is 5.11 Å². The smallest absolute Gasteiger partial charge is 0.0332 e. The fourth-order valence-electron chi connectivity index (χ4n) is 5.28. The van der Waals surface area contributed by atoms with Crippen LogP contribution in [0.25, 0.3) is 0 Å². The molecule has 0 rings (SSSR count). The first-order valence-electron chi connectivity index (χ1n) is 16.8. The lowest BCUT2D eigenvalue weighted by molar-refractivity contribution is -0.359. The monoisotopic (exact) mass is 543 g/mol. The van der Waals surface area contributed by atoms with Gasteiger partial charge < -0.3 is 5.11 Å². The number of rotatable bonds is 30. The van der Waals surface area contributed by atoms with Crippen LogP contribution in [-0.4, -0.2) is 30.2 Å². The van der Waals surface area contributed by atoms with Crippen molar-refractivity contribution in [1.82, 2.24) is 0 Å². The Balaban J connectivity index is 4.80. The zero-order chi connectivity index (χ0) is 26.5. The van der Waals surface area contributed by atoms with E-state index in [-0.39, 0.29) is 21.4 Å². The predicted octanol–water partition coefficient (Wildman–Crippen LogP) is 12.0. The predicted molar refractivity (Wildman–Crippen MR) is 171 cm³/mol. The largest absolute Gasteiger partial charge is 0.845 e. The van der Waals surface area contributed by atoms with Crippen molar-refractivity contribution in [3.8, 4) is 0 Å². The maximum Gasteiger partial charge on any atom is -0.0332 e. The van der Waals surface area contributed by atoms with Crippen molar-refractivity contribution < 1.29 is 5.11 Å². The Morgan fingerprint density at radius 3 is 0.750 bits per heavy atom. The molecule has 1 nitrogen and oxygen atoms in total. The Hall–Kier alpha value is 0.820. The first kappa shape index (κ1) is 36.8. The SMILES string of the molecule is CCCCCCCCP(CCCCCCCC)C([O-])P(CCCCCCCC)CCCCCCCC. The lowest BCUT2D eigenvalue weighted by Gasteiger charge is -2.40. The molecule has 0 saturated carbocycles. The van der Waals surface area contributed by atoms with Crippen molar-refractivity contribution in [2.24, 2.45) is 0 Å². The third-order valence-corrected chi connectivity index (χ3v) is 14.6. The van der Waals surface area contributed by atoms with Crippen molar-refractivity contribution in [1.29, 1.82) is 0 Å². The van der Waals surface area contributed by atoms with Crippen LogP contribution in [0.2, 0.25) is 0 Å². The molecular weight excluding hydrogens is 474 g/mol. The van der Waals surface area contributed by atoms with Crippen molar-refractivity contribution in [2.45, 2.75) is 187 Å². The van der Waals surface area contributed by atoms with E-state index in [0.717, 1.165) is 0 Å². The highest BCUT2D eigenvalue weighted by Gasteiger charge is 2.19. The van der Waals surface area contributed by atoms with E-state index in [4.69, 9.17) is 0 Å². The number of hydrogen-bond acceptors (Lipinski definition) is 1. The van der Waals surface area contributed by atoms with Gasteiger partial charge in [0.25, 0.3) is 0 Å². The van der Waals surface area contributed by atoms with Gasteiger partial charge in [0.2, 0.25) is 0 Å². The maximum absolute atomic E-state index is 14.0. The van der Waals surface area contributed by atoms with Gasteiger partial charge in [-0.25, -0.2) is 0 Å². The molecule has 0 spiro atoms. The van der Waals surface area contributed by atoms with E-state index in [1.807, 2.05) is 0 Å². The van der Waals surface area contributed by atoms with Crippen molar-refractivity contribution in [3.63, 3.8) is 0 Å². The summed E-state index contributed by atoms with van der Waals surface area (Å²) in [5, 5.41) is 14.0. The van der Waals surface area contributed by atoms with E-state index in [9.17, 15) is 5.11 Å². The fourth-order valence-corrected chi connectivity index (χ4v) is 12.4. The lowest BCUT2D eigenvalue weighted by atomic mass is 10.1. The van der Waals surface area contributed by atoms with Gasteiger partial charge in [0.05, 0.1) is 0 Å². The van der Waals surface area contributed by atoms with E-state index in [0.29, 0.717) is 0 Å². The van der Waals surface area contributed by atoms with Crippen LogP contribution in [0.4, 0.5) is 0 Å². The molecule has 0 atom stereocenters. The quantitative estimate of drug-likeness (QED) is 0.0652. The normalized spacial score (nSPS) is 12.0. The zero-order valence-corrected chi connectivity index (χ0v) is 27.5. The molecule has 0 unspecified atom stereocenters.